The van der Waals surface area contributed by atoms with Crippen LogP contribution in [0.15, 0.2) is 97.1 Å². The lowest BCUT2D eigenvalue weighted by atomic mass is 10.0. The minimum absolute atomic E-state index is 0.107. The van der Waals surface area contributed by atoms with E-state index in [4.69, 9.17) is 0 Å². The predicted octanol–water partition coefficient (Wildman–Crippen LogP) is 4.53. The highest BCUT2D eigenvalue weighted by Crippen LogP contribution is 2.35. The third kappa shape index (κ3) is 5.41. The number of likely N-dealkylation sites (N-methyl/N-ethyl adjacent to an activating group) is 1. The van der Waals surface area contributed by atoms with E-state index in [0.29, 0.717) is 13.1 Å². The zero-order valence-electron chi connectivity index (χ0n) is 21.9. The third-order valence-electron chi connectivity index (χ3n) is 7.34. The fourth-order valence-corrected chi connectivity index (χ4v) is 5.08. The molecule has 2 atom stereocenters. The monoisotopic (exact) mass is 506 g/mol. The molecular formula is C32H34N4O2. The molecule has 1 aliphatic heterocycles. The molecular weight excluding hydrogens is 472 g/mol. The minimum Gasteiger partial charge on any atom is -0.367 e. The molecule has 4 aromatic carbocycles. The summed E-state index contributed by atoms with van der Waals surface area (Å²) >= 11 is 0. The molecule has 0 bridgehead atoms. The van der Waals surface area contributed by atoms with Gasteiger partial charge >= 0.3 is 0 Å². The van der Waals surface area contributed by atoms with Crippen LogP contribution in [0.4, 0.5) is 11.4 Å². The quantitative estimate of drug-likeness (QED) is 0.369. The average Bonchev–Trinajstić information content (AvgIpc) is 3.07. The lowest BCUT2D eigenvalue weighted by Gasteiger charge is -2.27. The Labute approximate surface area is 224 Å². The number of anilines is 2. The fourth-order valence-electron chi connectivity index (χ4n) is 5.08. The summed E-state index contributed by atoms with van der Waals surface area (Å²) < 4.78 is 0. The Kier molecular flexibility index (Phi) is 7.70. The Morgan fingerprint density at radius 3 is 2.37 bits per heavy atom. The summed E-state index contributed by atoms with van der Waals surface area (Å²) in [5.74, 6) is -0.297. The van der Waals surface area contributed by atoms with Gasteiger partial charge in [-0.25, -0.2) is 0 Å². The number of para-hydroxylation sites is 2. The van der Waals surface area contributed by atoms with Crippen LogP contribution in [-0.4, -0.2) is 44.0 Å². The smallest absolute Gasteiger partial charge is 0.251 e. The van der Waals surface area contributed by atoms with E-state index < -0.39 is 12.1 Å². The molecule has 0 fully saturated rings. The number of benzene rings is 4. The van der Waals surface area contributed by atoms with Gasteiger partial charge in [-0.15, -0.1) is 0 Å². The van der Waals surface area contributed by atoms with E-state index in [1.165, 1.54) is 5.56 Å². The van der Waals surface area contributed by atoms with E-state index in [1.807, 2.05) is 59.5 Å². The van der Waals surface area contributed by atoms with Crippen LogP contribution in [0.5, 0.6) is 0 Å². The molecule has 38 heavy (non-hydrogen) atoms. The van der Waals surface area contributed by atoms with Gasteiger partial charge in [0.1, 0.15) is 6.04 Å². The Hall–Kier alpha value is -4.16. The predicted molar refractivity (Wildman–Crippen MR) is 154 cm³/mol. The van der Waals surface area contributed by atoms with Gasteiger partial charge in [-0.05, 0) is 54.4 Å². The van der Waals surface area contributed by atoms with Crippen molar-refractivity contribution in [2.45, 2.75) is 32.0 Å². The summed E-state index contributed by atoms with van der Waals surface area (Å²) in [6.45, 7) is 3.34. The maximum absolute atomic E-state index is 14.2. The standard InChI is InChI=1S/C32H34N4O2/c1-23(33-2)31(37)34-28-22-35(20-19-24-11-4-3-5-12-24)29-17-8-9-18-30(29)36(32(28)38)21-26-15-10-14-25-13-6-7-16-27(25)26/h3-18,23,28,33H,19-22H2,1-2H3,(H,34,37)/t23-,28-/m0/s1. The van der Waals surface area contributed by atoms with Crippen molar-refractivity contribution >= 4 is 34.0 Å². The first-order valence-electron chi connectivity index (χ1n) is 13.2. The molecule has 5 rings (SSSR count). The number of hydrogen-bond donors (Lipinski definition) is 2. The maximum Gasteiger partial charge on any atom is 0.251 e. The summed E-state index contributed by atoms with van der Waals surface area (Å²) in [6, 6.07) is 31.8. The average molecular weight is 507 g/mol. The maximum atomic E-state index is 14.2. The molecule has 2 amide bonds. The van der Waals surface area contributed by atoms with E-state index in [2.05, 4.69) is 58.0 Å². The van der Waals surface area contributed by atoms with E-state index in [1.54, 1.807) is 14.0 Å². The largest absolute Gasteiger partial charge is 0.367 e. The Bertz CT molecular complexity index is 1420. The zero-order chi connectivity index (χ0) is 26.5. The number of nitrogens with zero attached hydrogens (tertiary/aromatic N) is 2. The van der Waals surface area contributed by atoms with Crippen molar-refractivity contribution in [3.05, 3.63) is 108 Å². The molecule has 0 spiro atoms. The van der Waals surface area contributed by atoms with Gasteiger partial charge in [-0.3, -0.25) is 9.59 Å². The van der Waals surface area contributed by atoms with Crippen LogP contribution >= 0.6 is 0 Å². The van der Waals surface area contributed by atoms with Crippen molar-refractivity contribution in [1.82, 2.24) is 10.6 Å². The van der Waals surface area contributed by atoms with Gasteiger partial charge < -0.3 is 20.4 Å². The first kappa shape index (κ1) is 25.5. The Morgan fingerprint density at radius 1 is 0.895 bits per heavy atom. The first-order valence-corrected chi connectivity index (χ1v) is 13.2. The summed E-state index contributed by atoms with van der Waals surface area (Å²) in [7, 11) is 1.74. The number of amides is 2. The lowest BCUT2D eigenvalue weighted by molar-refractivity contribution is -0.128. The second kappa shape index (κ2) is 11.5. The summed E-state index contributed by atoms with van der Waals surface area (Å²) in [5.41, 5.74) is 4.16. The molecule has 194 valence electrons. The normalized spacial score (nSPS) is 16.2. The van der Waals surface area contributed by atoms with Crippen LogP contribution in [0.3, 0.4) is 0 Å². The van der Waals surface area contributed by atoms with E-state index in [9.17, 15) is 9.59 Å². The first-order chi connectivity index (χ1) is 18.5. The van der Waals surface area contributed by atoms with Crippen molar-refractivity contribution < 1.29 is 9.59 Å². The second-order valence-electron chi connectivity index (χ2n) is 9.80. The highest BCUT2D eigenvalue weighted by molar-refractivity contribution is 6.04. The zero-order valence-corrected chi connectivity index (χ0v) is 21.9. The number of fused-ring (bicyclic) bond motifs is 2. The minimum atomic E-state index is -0.684. The molecule has 6 heteroatoms. The summed E-state index contributed by atoms with van der Waals surface area (Å²) in [6.07, 6.45) is 0.834. The molecule has 0 aromatic heterocycles. The van der Waals surface area contributed by atoms with Gasteiger partial charge in [-0.2, -0.15) is 0 Å². The fraction of sp³-hybridized carbons (Fsp3) is 0.250. The van der Waals surface area contributed by atoms with Crippen LogP contribution in [-0.2, 0) is 22.6 Å². The summed E-state index contributed by atoms with van der Waals surface area (Å²) in [5, 5.41) is 8.28. The van der Waals surface area contributed by atoms with Crippen molar-refractivity contribution in [2.24, 2.45) is 0 Å². The van der Waals surface area contributed by atoms with Crippen LogP contribution in [0.25, 0.3) is 10.8 Å². The molecule has 0 unspecified atom stereocenters. The second-order valence-corrected chi connectivity index (χ2v) is 9.80. The van der Waals surface area contributed by atoms with Crippen molar-refractivity contribution in [1.29, 1.82) is 0 Å². The molecule has 0 saturated carbocycles. The molecule has 4 aromatic rings. The third-order valence-corrected chi connectivity index (χ3v) is 7.34. The lowest BCUT2D eigenvalue weighted by Crippen LogP contribution is -2.55. The van der Waals surface area contributed by atoms with Crippen molar-refractivity contribution in [2.75, 3.05) is 29.9 Å². The van der Waals surface area contributed by atoms with Crippen LogP contribution in [0.2, 0.25) is 0 Å². The number of carbonyl (C=O) groups is 2. The van der Waals surface area contributed by atoms with Crippen LogP contribution in [0.1, 0.15) is 18.1 Å². The molecule has 0 radical (unpaired) electrons. The molecule has 0 saturated heterocycles. The molecule has 1 aliphatic rings. The highest BCUT2D eigenvalue weighted by Gasteiger charge is 2.35. The number of hydrogen-bond acceptors (Lipinski definition) is 4. The van der Waals surface area contributed by atoms with Crippen molar-refractivity contribution in [3.63, 3.8) is 0 Å². The van der Waals surface area contributed by atoms with E-state index in [0.717, 1.165) is 40.7 Å². The van der Waals surface area contributed by atoms with Gasteiger partial charge in [0.05, 0.1) is 24.0 Å². The molecule has 0 aliphatic carbocycles. The topological polar surface area (TPSA) is 64.7 Å². The Morgan fingerprint density at radius 2 is 1.58 bits per heavy atom. The number of carbonyl (C=O) groups excluding carboxylic acids is 2. The molecule has 6 nitrogen and oxygen atoms in total. The van der Waals surface area contributed by atoms with Gasteiger partial charge in [0.15, 0.2) is 0 Å². The molecule has 2 N–H and O–H groups in total. The molecule has 1 heterocycles. The van der Waals surface area contributed by atoms with Crippen molar-refractivity contribution in [3.8, 4) is 0 Å². The SMILES string of the molecule is CN[C@@H](C)C(=O)N[C@H]1CN(CCc2ccccc2)c2ccccc2N(Cc2cccc3ccccc23)C1=O. The van der Waals surface area contributed by atoms with Gasteiger partial charge in [0.25, 0.3) is 5.91 Å². The Balaban J connectivity index is 1.53. The van der Waals surface area contributed by atoms with E-state index in [-0.39, 0.29) is 11.8 Å². The van der Waals surface area contributed by atoms with E-state index >= 15 is 0 Å². The van der Waals surface area contributed by atoms with Gasteiger partial charge in [0.2, 0.25) is 5.91 Å². The number of nitrogens with one attached hydrogen (secondary N) is 2. The van der Waals surface area contributed by atoms with Gasteiger partial charge in [-0.1, -0.05) is 84.9 Å². The number of rotatable bonds is 8. The highest BCUT2D eigenvalue weighted by atomic mass is 16.2. The summed E-state index contributed by atoms with van der Waals surface area (Å²) in [4.78, 5) is 31.2. The van der Waals surface area contributed by atoms with Crippen LogP contribution < -0.4 is 20.4 Å². The van der Waals surface area contributed by atoms with Gasteiger partial charge in [0, 0.05) is 13.1 Å². The van der Waals surface area contributed by atoms with Crippen LogP contribution in [0, 0.1) is 0 Å².